The van der Waals surface area contributed by atoms with Gasteiger partial charge in [0.1, 0.15) is 6.10 Å². The van der Waals surface area contributed by atoms with Gasteiger partial charge in [-0.25, -0.2) is 0 Å². The van der Waals surface area contributed by atoms with Crippen molar-refractivity contribution in [1.82, 2.24) is 4.90 Å². The molecule has 0 aromatic heterocycles. The van der Waals surface area contributed by atoms with E-state index in [9.17, 15) is 4.79 Å². The molecule has 4 heteroatoms. The molecule has 0 aromatic carbocycles. The Morgan fingerprint density at radius 1 is 1.28 bits per heavy atom. The minimum Gasteiger partial charge on any atom is -0.364 e. The third-order valence-corrected chi connectivity index (χ3v) is 3.81. The third kappa shape index (κ3) is 4.25. The van der Waals surface area contributed by atoms with Crippen LogP contribution in [0.2, 0.25) is 0 Å². The Balaban J connectivity index is 2.51. The maximum atomic E-state index is 12.1. The minimum atomic E-state index is -0.376. The molecule has 0 heterocycles. The molecule has 0 radical (unpaired) electrons. The maximum Gasteiger partial charge on any atom is 0.251 e. The van der Waals surface area contributed by atoms with Crippen molar-refractivity contribution in [2.75, 3.05) is 13.1 Å². The Kier molecular flexibility index (Phi) is 6.65. The molecule has 4 nitrogen and oxygen atoms in total. The first-order valence-electron chi connectivity index (χ1n) is 7.29. The lowest BCUT2D eigenvalue weighted by Gasteiger charge is -2.28. The summed E-state index contributed by atoms with van der Waals surface area (Å²) in [6.45, 7) is 7.30. The molecule has 1 amide bonds. The van der Waals surface area contributed by atoms with Crippen molar-refractivity contribution in [3.63, 3.8) is 0 Å². The van der Waals surface area contributed by atoms with E-state index in [-0.39, 0.29) is 24.2 Å². The highest BCUT2D eigenvalue weighted by atomic mass is 16.5. The molecule has 1 rings (SSSR count). The van der Waals surface area contributed by atoms with Crippen LogP contribution in [0.4, 0.5) is 0 Å². The molecule has 0 spiro atoms. The first kappa shape index (κ1) is 15.4. The van der Waals surface area contributed by atoms with Gasteiger partial charge < -0.3 is 15.4 Å². The summed E-state index contributed by atoms with van der Waals surface area (Å²) >= 11 is 0. The van der Waals surface area contributed by atoms with Crippen molar-refractivity contribution in [2.45, 2.75) is 71.1 Å². The number of carbonyl (C=O) groups is 1. The van der Waals surface area contributed by atoms with Crippen molar-refractivity contribution in [3.05, 3.63) is 0 Å². The van der Waals surface area contributed by atoms with Crippen molar-refractivity contribution < 1.29 is 9.53 Å². The molecule has 0 aliphatic heterocycles. The van der Waals surface area contributed by atoms with Crippen LogP contribution in [-0.4, -0.2) is 42.1 Å². The van der Waals surface area contributed by atoms with Crippen LogP contribution in [0.3, 0.4) is 0 Å². The SMILES string of the molecule is CCN(CC)C(=O)C(C)OC1CCCCCC1N. The standard InChI is InChI=1S/C14H28N2O2/c1-4-16(5-2)14(17)11(3)18-13-10-8-6-7-9-12(13)15/h11-13H,4-10,15H2,1-3H3. The number of hydrogen-bond acceptors (Lipinski definition) is 3. The minimum absolute atomic E-state index is 0.0435. The number of ether oxygens (including phenoxy) is 1. The van der Waals surface area contributed by atoms with Gasteiger partial charge in [-0.15, -0.1) is 0 Å². The lowest BCUT2D eigenvalue weighted by atomic mass is 10.1. The van der Waals surface area contributed by atoms with Gasteiger partial charge in [-0.3, -0.25) is 4.79 Å². The van der Waals surface area contributed by atoms with E-state index in [4.69, 9.17) is 10.5 Å². The van der Waals surface area contributed by atoms with Crippen molar-refractivity contribution in [1.29, 1.82) is 0 Å². The van der Waals surface area contributed by atoms with Crippen LogP contribution in [0, 0.1) is 0 Å². The van der Waals surface area contributed by atoms with Crippen LogP contribution in [0.25, 0.3) is 0 Å². The second kappa shape index (κ2) is 7.74. The molecule has 3 unspecified atom stereocenters. The van der Waals surface area contributed by atoms with Gasteiger partial charge in [-0.2, -0.15) is 0 Å². The van der Waals surface area contributed by atoms with Crippen LogP contribution in [0.1, 0.15) is 52.9 Å². The number of likely N-dealkylation sites (N-methyl/N-ethyl adjacent to an activating group) is 1. The second-order valence-electron chi connectivity index (χ2n) is 5.13. The van der Waals surface area contributed by atoms with Crippen molar-refractivity contribution in [3.8, 4) is 0 Å². The predicted octanol–water partition coefficient (Wildman–Crippen LogP) is 1.92. The smallest absolute Gasteiger partial charge is 0.251 e. The van der Waals surface area contributed by atoms with E-state index in [2.05, 4.69) is 0 Å². The van der Waals surface area contributed by atoms with Crippen molar-refractivity contribution >= 4 is 5.91 Å². The molecule has 2 N–H and O–H groups in total. The summed E-state index contributed by atoms with van der Waals surface area (Å²) in [6, 6.07) is 0.0828. The molecule has 0 bridgehead atoms. The Morgan fingerprint density at radius 2 is 1.89 bits per heavy atom. The molecule has 18 heavy (non-hydrogen) atoms. The highest BCUT2D eigenvalue weighted by molar-refractivity contribution is 5.80. The van der Waals surface area contributed by atoms with Gasteiger partial charge in [0.15, 0.2) is 0 Å². The lowest BCUT2D eigenvalue weighted by Crippen LogP contribution is -2.44. The summed E-state index contributed by atoms with van der Waals surface area (Å²) < 4.78 is 5.91. The highest BCUT2D eigenvalue weighted by Crippen LogP contribution is 2.20. The first-order valence-corrected chi connectivity index (χ1v) is 7.29. The van der Waals surface area contributed by atoms with E-state index in [1.807, 2.05) is 25.7 Å². The quantitative estimate of drug-likeness (QED) is 0.765. The molecular formula is C14H28N2O2. The summed E-state index contributed by atoms with van der Waals surface area (Å²) in [4.78, 5) is 13.9. The normalized spacial score (nSPS) is 26.4. The fraction of sp³-hybridized carbons (Fsp3) is 0.929. The van der Waals surface area contributed by atoms with Crippen LogP contribution in [0.15, 0.2) is 0 Å². The number of nitrogens with zero attached hydrogens (tertiary/aromatic N) is 1. The Labute approximate surface area is 111 Å². The van der Waals surface area contributed by atoms with Gasteiger partial charge in [-0.05, 0) is 33.6 Å². The van der Waals surface area contributed by atoms with E-state index in [1.54, 1.807) is 0 Å². The van der Waals surface area contributed by atoms with E-state index in [1.165, 1.54) is 12.8 Å². The molecule has 1 fully saturated rings. The molecule has 1 aliphatic rings. The summed E-state index contributed by atoms with van der Waals surface area (Å²) in [7, 11) is 0. The van der Waals surface area contributed by atoms with Crippen LogP contribution in [-0.2, 0) is 9.53 Å². The second-order valence-corrected chi connectivity index (χ2v) is 5.13. The topological polar surface area (TPSA) is 55.6 Å². The summed E-state index contributed by atoms with van der Waals surface area (Å²) in [5, 5.41) is 0. The van der Waals surface area contributed by atoms with E-state index >= 15 is 0 Å². The molecule has 1 saturated carbocycles. The fourth-order valence-electron chi connectivity index (χ4n) is 2.58. The summed E-state index contributed by atoms with van der Waals surface area (Å²) in [5.74, 6) is 0.0800. The van der Waals surface area contributed by atoms with Gasteiger partial charge in [0.25, 0.3) is 5.91 Å². The van der Waals surface area contributed by atoms with Crippen molar-refractivity contribution in [2.24, 2.45) is 5.73 Å². The van der Waals surface area contributed by atoms with Crippen LogP contribution in [0.5, 0.6) is 0 Å². The van der Waals surface area contributed by atoms with Gasteiger partial charge >= 0.3 is 0 Å². The molecule has 106 valence electrons. The molecule has 3 atom stereocenters. The molecule has 0 aromatic rings. The Bertz CT molecular complexity index is 254. The molecule has 0 saturated heterocycles. The Hall–Kier alpha value is -0.610. The van der Waals surface area contributed by atoms with Gasteiger partial charge in [0.05, 0.1) is 6.10 Å². The zero-order valence-corrected chi connectivity index (χ0v) is 12.0. The highest BCUT2D eigenvalue weighted by Gasteiger charge is 2.27. The monoisotopic (exact) mass is 256 g/mol. The largest absolute Gasteiger partial charge is 0.364 e. The van der Waals surface area contributed by atoms with Crippen LogP contribution >= 0.6 is 0 Å². The average Bonchev–Trinajstić information content (AvgIpc) is 2.56. The molecule has 1 aliphatic carbocycles. The third-order valence-electron chi connectivity index (χ3n) is 3.81. The van der Waals surface area contributed by atoms with E-state index in [0.29, 0.717) is 0 Å². The van der Waals surface area contributed by atoms with Gasteiger partial charge in [-0.1, -0.05) is 19.3 Å². The van der Waals surface area contributed by atoms with Crippen LogP contribution < -0.4 is 5.73 Å². The first-order chi connectivity index (χ1) is 8.60. The zero-order valence-electron chi connectivity index (χ0n) is 12.0. The van der Waals surface area contributed by atoms with Gasteiger partial charge in [0.2, 0.25) is 0 Å². The fourth-order valence-corrected chi connectivity index (χ4v) is 2.58. The predicted molar refractivity (Wildman–Crippen MR) is 73.3 cm³/mol. The van der Waals surface area contributed by atoms with E-state index < -0.39 is 0 Å². The number of hydrogen-bond donors (Lipinski definition) is 1. The lowest BCUT2D eigenvalue weighted by molar-refractivity contribution is -0.146. The average molecular weight is 256 g/mol. The number of carbonyl (C=O) groups excluding carboxylic acids is 1. The zero-order chi connectivity index (χ0) is 13.5. The number of nitrogens with two attached hydrogens (primary N) is 1. The molecular weight excluding hydrogens is 228 g/mol. The number of amides is 1. The Morgan fingerprint density at radius 3 is 2.50 bits per heavy atom. The van der Waals surface area contributed by atoms with Gasteiger partial charge in [0, 0.05) is 19.1 Å². The van der Waals surface area contributed by atoms with E-state index in [0.717, 1.165) is 32.4 Å². The maximum absolute atomic E-state index is 12.1. The summed E-state index contributed by atoms with van der Waals surface area (Å²) in [6.07, 6.45) is 5.23. The number of rotatable bonds is 5. The summed E-state index contributed by atoms with van der Waals surface area (Å²) in [5.41, 5.74) is 6.12.